The number of hydrogen-bond acceptors (Lipinski definition) is 4. The van der Waals surface area contributed by atoms with Gasteiger partial charge in [-0.05, 0) is 29.7 Å². The van der Waals surface area contributed by atoms with Gasteiger partial charge in [0.1, 0.15) is 23.3 Å². The van der Waals surface area contributed by atoms with E-state index >= 15 is 0 Å². The molecule has 0 amide bonds. The van der Waals surface area contributed by atoms with Crippen molar-refractivity contribution in [2.24, 2.45) is 0 Å². The van der Waals surface area contributed by atoms with Crippen molar-refractivity contribution in [1.82, 2.24) is 19.5 Å². The second kappa shape index (κ2) is 7.48. The summed E-state index contributed by atoms with van der Waals surface area (Å²) in [5, 5.41) is 10.5. The molecular weight excluding hydrogens is 360 g/mol. The summed E-state index contributed by atoms with van der Waals surface area (Å²) < 4.78 is 1.95. The minimum absolute atomic E-state index is 0.242. The van der Waals surface area contributed by atoms with E-state index in [1.807, 2.05) is 41.0 Å². The third-order valence-corrected chi connectivity index (χ3v) is 4.40. The maximum Gasteiger partial charge on any atom is 0.164 e. The first-order valence-electron chi connectivity index (χ1n) is 8.37. The van der Waals surface area contributed by atoms with Gasteiger partial charge in [0.15, 0.2) is 5.65 Å². The SMILES string of the molecule is Oc1ccccc1CC#Cc1ncnc2c1ncn2Cc1ccc(Cl)cc1. The van der Waals surface area contributed by atoms with Gasteiger partial charge in [0.05, 0.1) is 12.9 Å². The van der Waals surface area contributed by atoms with Crippen LogP contribution in [0.5, 0.6) is 5.75 Å². The Hall–Kier alpha value is -3.36. The largest absolute Gasteiger partial charge is 0.508 e. The predicted molar refractivity (Wildman–Crippen MR) is 105 cm³/mol. The standard InChI is InChI=1S/C21H15ClN4O/c22-17-10-8-15(9-11-17)12-26-14-25-20-18(23-13-24-21(20)26)6-3-5-16-4-1-2-7-19(16)27/h1-2,4,7-11,13-14,27H,5,12H2. The highest BCUT2D eigenvalue weighted by molar-refractivity contribution is 6.30. The van der Waals surface area contributed by atoms with Crippen LogP contribution in [0.15, 0.2) is 61.2 Å². The lowest BCUT2D eigenvalue weighted by atomic mass is 10.1. The van der Waals surface area contributed by atoms with Crippen molar-refractivity contribution < 1.29 is 5.11 Å². The lowest BCUT2D eigenvalue weighted by Gasteiger charge is -2.04. The molecule has 0 saturated heterocycles. The number of rotatable bonds is 3. The van der Waals surface area contributed by atoms with Crippen LogP contribution in [0.3, 0.4) is 0 Å². The van der Waals surface area contributed by atoms with Crippen LogP contribution in [0, 0.1) is 11.8 Å². The average Bonchev–Trinajstić information content (AvgIpc) is 3.09. The summed E-state index contributed by atoms with van der Waals surface area (Å²) in [6.45, 7) is 0.634. The van der Waals surface area contributed by atoms with E-state index in [9.17, 15) is 5.11 Å². The molecule has 6 heteroatoms. The Bertz CT molecular complexity index is 1160. The van der Waals surface area contributed by atoms with Crippen molar-refractivity contribution in [1.29, 1.82) is 0 Å². The van der Waals surface area contributed by atoms with Gasteiger partial charge in [-0.2, -0.15) is 0 Å². The van der Waals surface area contributed by atoms with Crippen molar-refractivity contribution in [2.75, 3.05) is 0 Å². The Morgan fingerprint density at radius 1 is 1.00 bits per heavy atom. The van der Waals surface area contributed by atoms with E-state index < -0.39 is 0 Å². The van der Waals surface area contributed by atoms with E-state index in [1.165, 1.54) is 6.33 Å². The number of fused-ring (bicyclic) bond motifs is 1. The molecule has 2 aromatic heterocycles. The van der Waals surface area contributed by atoms with E-state index in [0.29, 0.717) is 29.2 Å². The highest BCUT2D eigenvalue weighted by Gasteiger charge is 2.09. The summed E-state index contributed by atoms with van der Waals surface area (Å²) in [6.07, 6.45) is 3.66. The highest BCUT2D eigenvalue weighted by atomic mass is 35.5. The van der Waals surface area contributed by atoms with Crippen LogP contribution < -0.4 is 0 Å². The molecule has 4 aromatic rings. The van der Waals surface area contributed by atoms with E-state index in [4.69, 9.17) is 11.6 Å². The zero-order valence-corrected chi connectivity index (χ0v) is 15.1. The lowest BCUT2D eigenvalue weighted by molar-refractivity contribution is 0.470. The van der Waals surface area contributed by atoms with Gasteiger partial charge in [-0.3, -0.25) is 0 Å². The topological polar surface area (TPSA) is 63.8 Å². The lowest BCUT2D eigenvalue weighted by Crippen LogP contribution is -1.99. The minimum atomic E-state index is 0.242. The van der Waals surface area contributed by atoms with Gasteiger partial charge in [0.2, 0.25) is 0 Å². The van der Waals surface area contributed by atoms with Crippen molar-refractivity contribution in [2.45, 2.75) is 13.0 Å². The number of para-hydroxylation sites is 1. The van der Waals surface area contributed by atoms with Gasteiger partial charge in [0, 0.05) is 17.0 Å². The normalized spacial score (nSPS) is 10.6. The monoisotopic (exact) mass is 374 g/mol. The van der Waals surface area contributed by atoms with Crippen LogP contribution >= 0.6 is 11.6 Å². The van der Waals surface area contributed by atoms with E-state index in [0.717, 1.165) is 16.8 Å². The van der Waals surface area contributed by atoms with E-state index in [-0.39, 0.29) is 5.75 Å². The Morgan fingerprint density at radius 3 is 2.63 bits per heavy atom. The molecule has 0 unspecified atom stereocenters. The first-order chi connectivity index (χ1) is 13.2. The van der Waals surface area contributed by atoms with Gasteiger partial charge in [-0.1, -0.05) is 47.9 Å². The number of imidazole rings is 1. The van der Waals surface area contributed by atoms with E-state index in [1.54, 1.807) is 18.5 Å². The number of aromatic nitrogens is 4. The summed E-state index contributed by atoms with van der Waals surface area (Å²) in [7, 11) is 0. The fourth-order valence-electron chi connectivity index (χ4n) is 2.76. The van der Waals surface area contributed by atoms with Crippen molar-refractivity contribution in [3.63, 3.8) is 0 Å². The smallest absolute Gasteiger partial charge is 0.164 e. The van der Waals surface area contributed by atoms with Gasteiger partial charge in [-0.25, -0.2) is 15.0 Å². The molecule has 4 rings (SSSR count). The first-order valence-corrected chi connectivity index (χ1v) is 8.74. The fraction of sp³-hybridized carbons (Fsp3) is 0.0952. The molecule has 0 aliphatic heterocycles. The van der Waals surface area contributed by atoms with Gasteiger partial charge < -0.3 is 9.67 Å². The second-order valence-corrected chi connectivity index (χ2v) is 6.44. The van der Waals surface area contributed by atoms with Crippen LogP contribution in [0.2, 0.25) is 5.02 Å². The van der Waals surface area contributed by atoms with Gasteiger partial charge in [0.25, 0.3) is 0 Å². The zero-order chi connectivity index (χ0) is 18.6. The Balaban J connectivity index is 1.60. The fourth-order valence-corrected chi connectivity index (χ4v) is 2.88. The van der Waals surface area contributed by atoms with Crippen LogP contribution in [0.4, 0.5) is 0 Å². The number of phenols is 1. The van der Waals surface area contributed by atoms with Crippen LogP contribution in [-0.4, -0.2) is 24.6 Å². The molecule has 0 atom stereocenters. The molecule has 0 aliphatic carbocycles. The van der Waals surface area contributed by atoms with Crippen LogP contribution in [-0.2, 0) is 13.0 Å². The molecule has 1 N–H and O–H groups in total. The highest BCUT2D eigenvalue weighted by Crippen LogP contribution is 2.17. The molecule has 0 radical (unpaired) electrons. The summed E-state index contributed by atoms with van der Waals surface area (Å²) in [5.74, 6) is 6.34. The summed E-state index contributed by atoms with van der Waals surface area (Å²) in [6, 6.07) is 14.8. The van der Waals surface area contributed by atoms with Gasteiger partial charge in [-0.15, -0.1) is 0 Å². The number of aromatic hydroxyl groups is 1. The van der Waals surface area contributed by atoms with Crippen molar-refractivity contribution >= 4 is 22.8 Å². The molecule has 27 heavy (non-hydrogen) atoms. The number of benzene rings is 2. The maximum absolute atomic E-state index is 9.82. The molecule has 0 saturated carbocycles. The third-order valence-electron chi connectivity index (χ3n) is 4.14. The zero-order valence-electron chi connectivity index (χ0n) is 14.3. The molecule has 2 heterocycles. The second-order valence-electron chi connectivity index (χ2n) is 6.00. The van der Waals surface area contributed by atoms with Crippen LogP contribution in [0.1, 0.15) is 16.8 Å². The Kier molecular flexibility index (Phi) is 4.73. The van der Waals surface area contributed by atoms with Gasteiger partial charge >= 0.3 is 0 Å². The quantitative estimate of drug-likeness (QED) is 0.553. The molecule has 0 bridgehead atoms. The van der Waals surface area contributed by atoms with E-state index in [2.05, 4.69) is 26.8 Å². The average molecular weight is 375 g/mol. The molecule has 0 aliphatic rings. The maximum atomic E-state index is 9.82. The number of halogens is 1. The third kappa shape index (κ3) is 3.76. The molecule has 0 fully saturated rings. The summed E-state index contributed by atoms with van der Waals surface area (Å²) in [4.78, 5) is 13.0. The predicted octanol–water partition coefficient (Wildman–Crippen LogP) is 3.83. The number of nitrogens with zero attached hydrogens (tertiary/aromatic N) is 4. The molecule has 132 valence electrons. The van der Waals surface area contributed by atoms with Crippen molar-refractivity contribution in [3.05, 3.63) is 83.0 Å². The number of phenolic OH excluding ortho intramolecular Hbond substituents is 1. The molecule has 2 aromatic carbocycles. The molecular formula is C21H15ClN4O. The Morgan fingerprint density at radius 2 is 1.81 bits per heavy atom. The Labute approximate surface area is 161 Å². The number of hydrogen-bond donors (Lipinski definition) is 1. The first kappa shape index (κ1) is 17.1. The minimum Gasteiger partial charge on any atom is -0.508 e. The summed E-state index contributed by atoms with van der Waals surface area (Å²) in [5.41, 5.74) is 3.85. The van der Waals surface area contributed by atoms with Crippen LogP contribution in [0.25, 0.3) is 11.2 Å². The molecule has 5 nitrogen and oxygen atoms in total. The summed E-state index contributed by atoms with van der Waals surface area (Å²) >= 11 is 5.94. The van der Waals surface area contributed by atoms with Crippen molar-refractivity contribution in [3.8, 4) is 17.6 Å². The molecule has 0 spiro atoms.